The lowest BCUT2D eigenvalue weighted by molar-refractivity contribution is -0.130. The van der Waals surface area contributed by atoms with E-state index in [0.717, 1.165) is 31.6 Å². The van der Waals surface area contributed by atoms with E-state index in [-0.39, 0.29) is 24.6 Å². The largest absolute Gasteiger partial charge is 0.341 e. The number of aromatic nitrogens is 1. The number of pyridine rings is 1. The van der Waals surface area contributed by atoms with Gasteiger partial charge in [0.25, 0.3) is 5.56 Å². The van der Waals surface area contributed by atoms with Crippen molar-refractivity contribution in [2.45, 2.75) is 32.9 Å². The van der Waals surface area contributed by atoms with E-state index in [4.69, 9.17) is 5.73 Å². The average molecular weight is 249 g/mol. The minimum absolute atomic E-state index is 0.0203. The molecule has 2 N–H and O–H groups in total. The number of nitrogens with two attached hydrogens (primary N) is 1. The molecule has 0 spiro atoms. The van der Waals surface area contributed by atoms with E-state index < -0.39 is 0 Å². The molecule has 1 saturated heterocycles. The molecule has 2 rings (SSSR count). The number of amides is 1. The zero-order valence-corrected chi connectivity index (χ0v) is 10.7. The first-order valence-electron chi connectivity index (χ1n) is 6.30. The summed E-state index contributed by atoms with van der Waals surface area (Å²) in [5.74, 6) is 0.0203. The van der Waals surface area contributed by atoms with Crippen LogP contribution in [0.5, 0.6) is 0 Å². The Kier molecular flexibility index (Phi) is 3.81. The van der Waals surface area contributed by atoms with E-state index in [0.29, 0.717) is 5.56 Å². The quantitative estimate of drug-likeness (QED) is 0.834. The molecule has 0 unspecified atom stereocenters. The van der Waals surface area contributed by atoms with E-state index >= 15 is 0 Å². The molecule has 5 nitrogen and oxygen atoms in total. The Morgan fingerprint density at radius 3 is 2.61 bits per heavy atom. The lowest BCUT2D eigenvalue weighted by Gasteiger charge is -2.17. The van der Waals surface area contributed by atoms with Gasteiger partial charge in [-0.25, -0.2) is 0 Å². The topological polar surface area (TPSA) is 68.3 Å². The Balaban J connectivity index is 2.22. The van der Waals surface area contributed by atoms with Crippen molar-refractivity contribution in [2.75, 3.05) is 13.1 Å². The molecule has 5 heteroatoms. The first kappa shape index (κ1) is 12.8. The van der Waals surface area contributed by atoms with E-state index in [9.17, 15) is 9.59 Å². The predicted octanol–water partition coefficient (Wildman–Crippen LogP) is 0.238. The monoisotopic (exact) mass is 249 g/mol. The molecule has 1 aliphatic rings. The number of likely N-dealkylation sites (tertiary alicyclic amines) is 1. The van der Waals surface area contributed by atoms with Crippen LogP contribution in [0.4, 0.5) is 0 Å². The number of carbonyl (C=O) groups excluding carboxylic acids is 1. The standard InChI is InChI=1S/C13H19N3O2/c1-10-4-5-11(8-14)13(18)16(10)9-12(17)15-6-2-3-7-15/h4-5H,2-3,6-9,14H2,1H3. The van der Waals surface area contributed by atoms with E-state index in [1.807, 2.05) is 17.9 Å². The molecule has 1 amide bonds. The molecule has 0 aromatic carbocycles. The minimum atomic E-state index is -0.148. The summed E-state index contributed by atoms with van der Waals surface area (Å²) < 4.78 is 1.52. The van der Waals surface area contributed by atoms with Crippen molar-refractivity contribution in [3.63, 3.8) is 0 Å². The highest BCUT2D eigenvalue weighted by Gasteiger charge is 2.19. The van der Waals surface area contributed by atoms with Gasteiger partial charge in [0, 0.05) is 30.9 Å². The smallest absolute Gasteiger partial charge is 0.255 e. The molecule has 98 valence electrons. The maximum atomic E-state index is 12.1. The van der Waals surface area contributed by atoms with Crippen LogP contribution in [-0.4, -0.2) is 28.5 Å². The highest BCUT2D eigenvalue weighted by atomic mass is 16.2. The zero-order valence-electron chi connectivity index (χ0n) is 10.7. The molecule has 1 aromatic heterocycles. The molecule has 1 aromatic rings. The third-order valence-corrected chi connectivity index (χ3v) is 3.44. The highest BCUT2D eigenvalue weighted by molar-refractivity contribution is 5.76. The molecule has 0 aliphatic carbocycles. The number of rotatable bonds is 3. The van der Waals surface area contributed by atoms with Crippen molar-refractivity contribution in [1.29, 1.82) is 0 Å². The van der Waals surface area contributed by atoms with Gasteiger partial charge in [-0.05, 0) is 25.8 Å². The predicted molar refractivity (Wildman–Crippen MR) is 69.1 cm³/mol. The second kappa shape index (κ2) is 5.35. The fourth-order valence-electron chi connectivity index (χ4n) is 2.27. The van der Waals surface area contributed by atoms with Crippen molar-refractivity contribution in [1.82, 2.24) is 9.47 Å². The van der Waals surface area contributed by atoms with Crippen LogP contribution in [0.3, 0.4) is 0 Å². The van der Waals surface area contributed by atoms with Gasteiger partial charge >= 0.3 is 0 Å². The fraction of sp³-hybridized carbons (Fsp3) is 0.538. The SMILES string of the molecule is Cc1ccc(CN)c(=O)n1CC(=O)N1CCCC1. The van der Waals surface area contributed by atoms with Crippen LogP contribution in [-0.2, 0) is 17.9 Å². The zero-order chi connectivity index (χ0) is 13.1. The van der Waals surface area contributed by atoms with Gasteiger partial charge in [0.15, 0.2) is 0 Å². The molecular formula is C13H19N3O2. The molecular weight excluding hydrogens is 230 g/mol. The maximum absolute atomic E-state index is 12.1. The van der Waals surface area contributed by atoms with Crippen LogP contribution >= 0.6 is 0 Å². The first-order valence-corrected chi connectivity index (χ1v) is 6.30. The Morgan fingerprint density at radius 2 is 2.00 bits per heavy atom. The molecule has 0 bridgehead atoms. The summed E-state index contributed by atoms with van der Waals surface area (Å²) in [4.78, 5) is 26.0. The summed E-state index contributed by atoms with van der Waals surface area (Å²) in [5.41, 5.74) is 6.71. The van der Waals surface area contributed by atoms with Crippen molar-refractivity contribution in [3.8, 4) is 0 Å². The number of nitrogens with zero attached hydrogens (tertiary/aromatic N) is 2. The van der Waals surface area contributed by atoms with Crippen LogP contribution in [0.1, 0.15) is 24.1 Å². The van der Waals surface area contributed by atoms with Crippen LogP contribution < -0.4 is 11.3 Å². The lowest BCUT2D eigenvalue weighted by atomic mass is 10.2. The van der Waals surface area contributed by atoms with Gasteiger partial charge in [0.1, 0.15) is 6.54 Å². The minimum Gasteiger partial charge on any atom is -0.341 e. The fourth-order valence-corrected chi connectivity index (χ4v) is 2.27. The molecule has 1 aliphatic heterocycles. The van der Waals surface area contributed by atoms with E-state index in [1.54, 1.807) is 6.07 Å². The van der Waals surface area contributed by atoms with Gasteiger partial charge in [-0.1, -0.05) is 6.07 Å². The van der Waals surface area contributed by atoms with Gasteiger partial charge < -0.3 is 15.2 Å². The summed E-state index contributed by atoms with van der Waals surface area (Å²) in [6.07, 6.45) is 2.12. The summed E-state index contributed by atoms with van der Waals surface area (Å²) in [5, 5.41) is 0. The van der Waals surface area contributed by atoms with Crippen LogP contribution in [0, 0.1) is 6.92 Å². The molecule has 0 radical (unpaired) electrons. The van der Waals surface area contributed by atoms with Crippen LogP contribution in [0.15, 0.2) is 16.9 Å². The lowest BCUT2D eigenvalue weighted by Crippen LogP contribution is -2.36. The summed E-state index contributed by atoms with van der Waals surface area (Å²) in [6, 6.07) is 3.56. The Morgan fingerprint density at radius 1 is 1.33 bits per heavy atom. The van der Waals surface area contributed by atoms with Gasteiger partial charge in [-0.15, -0.1) is 0 Å². The summed E-state index contributed by atoms with van der Waals surface area (Å²) in [6.45, 7) is 3.78. The molecule has 0 saturated carbocycles. The van der Waals surface area contributed by atoms with Gasteiger partial charge in [0.2, 0.25) is 5.91 Å². The van der Waals surface area contributed by atoms with E-state index in [2.05, 4.69) is 0 Å². The molecule has 2 heterocycles. The average Bonchev–Trinajstić information content (AvgIpc) is 2.88. The van der Waals surface area contributed by atoms with Gasteiger partial charge in [-0.2, -0.15) is 0 Å². The summed E-state index contributed by atoms with van der Waals surface area (Å²) >= 11 is 0. The van der Waals surface area contributed by atoms with Crippen molar-refractivity contribution < 1.29 is 4.79 Å². The van der Waals surface area contributed by atoms with Crippen molar-refractivity contribution >= 4 is 5.91 Å². The number of hydrogen-bond donors (Lipinski definition) is 1. The Bertz CT molecular complexity index is 501. The number of carbonyl (C=O) groups is 1. The van der Waals surface area contributed by atoms with Crippen LogP contribution in [0.2, 0.25) is 0 Å². The molecule has 0 atom stereocenters. The Labute approximate surface area is 106 Å². The maximum Gasteiger partial charge on any atom is 0.255 e. The summed E-state index contributed by atoms with van der Waals surface area (Å²) in [7, 11) is 0. The highest BCUT2D eigenvalue weighted by Crippen LogP contribution is 2.08. The van der Waals surface area contributed by atoms with Gasteiger partial charge in [-0.3, -0.25) is 9.59 Å². The van der Waals surface area contributed by atoms with Crippen molar-refractivity contribution in [3.05, 3.63) is 33.7 Å². The second-order valence-corrected chi connectivity index (χ2v) is 4.68. The third-order valence-electron chi connectivity index (χ3n) is 3.44. The Hall–Kier alpha value is -1.62. The number of hydrogen-bond acceptors (Lipinski definition) is 3. The second-order valence-electron chi connectivity index (χ2n) is 4.68. The van der Waals surface area contributed by atoms with Crippen molar-refractivity contribution in [2.24, 2.45) is 5.73 Å². The normalized spacial score (nSPS) is 15.1. The number of aryl methyl sites for hydroxylation is 1. The third kappa shape index (κ3) is 2.46. The molecule has 18 heavy (non-hydrogen) atoms. The van der Waals surface area contributed by atoms with Crippen LogP contribution in [0.25, 0.3) is 0 Å². The molecule has 1 fully saturated rings. The van der Waals surface area contributed by atoms with E-state index in [1.165, 1.54) is 4.57 Å². The first-order chi connectivity index (χ1) is 8.63. The van der Waals surface area contributed by atoms with Gasteiger partial charge in [0.05, 0.1) is 0 Å².